The largest absolute Gasteiger partial charge is 0.444 e. The smallest absolute Gasteiger partial charge is 0.339 e. The zero-order chi connectivity index (χ0) is 25.0. The van der Waals surface area contributed by atoms with Crippen molar-refractivity contribution >= 4 is 56.5 Å². The number of nitrogens with zero attached hydrogens (tertiary/aromatic N) is 1. The van der Waals surface area contributed by atoms with Crippen LogP contribution in [0, 0.1) is 10.1 Å². The maximum absolute atomic E-state index is 13.0. The van der Waals surface area contributed by atoms with E-state index in [-0.39, 0.29) is 26.9 Å². The lowest BCUT2D eigenvalue weighted by atomic mass is 10.1. The molecule has 0 fully saturated rings. The number of rotatable bonds is 7. The van der Waals surface area contributed by atoms with Gasteiger partial charge in [0, 0.05) is 17.3 Å². The third kappa shape index (κ3) is 5.88. The zero-order valence-corrected chi connectivity index (χ0v) is 19.3. The van der Waals surface area contributed by atoms with Crippen LogP contribution in [0.4, 0.5) is 11.4 Å². The molecule has 0 aromatic heterocycles. The van der Waals surface area contributed by atoms with Gasteiger partial charge in [-0.3, -0.25) is 14.9 Å². The zero-order valence-electron chi connectivity index (χ0n) is 17.0. The van der Waals surface area contributed by atoms with Crippen molar-refractivity contribution in [3.8, 4) is 0 Å². The average Bonchev–Trinajstić information content (AvgIpc) is 2.78. The predicted molar refractivity (Wildman–Crippen MR) is 124 cm³/mol. The maximum atomic E-state index is 13.0. The van der Waals surface area contributed by atoms with Gasteiger partial charge in [-0.1, -0.05) is 53.5 Å². The maximum Gasteiger partial charge on any atom is 0.339 e. The Morgan fingerprint density at radius 2 is 1.65 bits per heavy atom. The topological polar surface area (TPSA) is 159 Å². The van der Waals surface area contributed by atoms with Gasteiger partial charge in [-0.15, -0.1) is 0 Å². The van der Waals surface area contributed by atoms with Crippen LogP contribution in [-0.2, 0) is 19.6 Å². The predicted octanol–water partition coefficient (Wildman–Crippen LogP) is 4.09. The van der Waals surface area contributed by atoms with Gasteiger partial charge in [-0.25, -0.2) is 18.4 Å². The summed E-state index contributed by atoms with van der Waals surface area (Å²) in [6, 6.07) is 14.9. The average molecular weight is 524 g/mol. The quantitative estimate of drug-likeness (QED) is 0.268. The van der Waals surface area contributed by atoms with Crippen molar-refractivity contribution in [2.75, 3.05) is 5.32 Å². The van der Waals surface area contributed by atoms with Crippen LogP contribution in [-0.4, -0.2) is 25.2 Å². The first-order valence-corrected chi connectivity index (χ1v) is 11.6. The second-order valence-corrected chi connectivity index (χ2v) is 9.14. The number of primary sulfonamides is 1. The molecule has 3 aromatic rings. The van der Waals surface area contributed by atoms with Crippen LogP contribution in [0.25, 0.3) is 0 Å². The molecular formula is C21H15Cl2N3O7S. The van der Waals surface area contributed by atoms with Crippen molar-refractivity contribution in [3.05, 3.63) is 98.0 Å². The lowest BCUT2D eigenvalue weighted by molar-refractivity contribution is -0.384. The molecule has 0 aliphatic heterocycles. The summed E-state index contributed by atoms with van der Waals surface area (Å²) in [5, 5.41) is 18.4. The SMILES string of the molecule is NS(=O)(=O)c1cc(C(=O)OC(C(=O)Nc2ccc(Cl)c([N+](=O)[O-])c2)c2ccccc2)ccc1Cl. The van der Waals surface area contributed by atoms with Gasteiger partial charge >= 0.3 is 5.97 Å². The van der Waals surface area contributed by atoms with E-state index in [4.69, 9.17) is 33.1 Å². The Kier molecular flexibility index (Phi) is 7.52. The van der Waals surface area contributed by atoms with Crippen LogP contribution in [0.5, 0.6) is 0 Å². The van der Waals surface area contributed by atoms with E-state index >= 15 is 0 Å². The molecule has 0 saturated heterocycles. The number of ether oxygens (including phenoxy) is 1. The number of hydrogen-bond acceptors (Lipinski definition) is 7. The molecule has 3 aromatic carbocycles. The van der Waals surface area contributed by atoms with Crippen LogP contribution in [0.2, 0.25) is 10.0 Å². The summed E-state index contributed by atoms with van der Waals surface area (Å²) in [7, 11) is -4.23. The molecule has 1 amide bonds. The number of halogens is 2. The van der Waals surface area contributed by atoms with Crippen LogP contribution in [0.15, 0.2) is 71.6 Å². The molecule has 0 aliphatic carbocycles. The highest BCUT2D eigenvalue weighted by Crippen LogP contribution is 2.29. The van der Waals surface area contributed by atoms with Gasteiger partial charge in [-0.05, 0) is 30.3 Å². The molecule has 13 heteroatoms. The molecule has 10 nitrogen and oxygen atoms in total. The van der Waals surface area contributed by atoms with Crippen molar-refractivity contribution in [2.24, 2.45) is 5.14 Å². The highest BCUT2D eigenvalue weighted by atomic mass is 35.5. The molecular weight excluding hydrogens is 509 g/mol. The molecule has 0 heterocycles. The number of carbonyl (C=O) groups is 2. The van der Waals surface area contributed by atoms with Gasteiger partial charge in [0.1, 0.15) is 9.92 Å². The Morgan fingerprint density at radius 1 is 1.00 bits per heavy atom. The minimum atomic E-state index is -4.23. The van der Waals surface area contributed by atoms with E-state index in [1.165, 1.54) is 30.3 Å². The van der Waals surface area contributed by atoms with E-state index in [1.54, 1.807) is 18.2 Å². The summed E-state index contributed by atoms with van der Waals surface area (Å²) in [6.07, 6.45) is -1.49. The number of anilines is 1. The van der Waals surface area contributed by atoms with E-state index in [9.17, 15) is 28.1 Å². The molecule has 0 bridgehead atoms. The number of benzene rings is 3. The molecule has 0 radical (unpaired) electrons. The van der Waals surface area contributed by atoms with Gasteiger partial charge < -0.3 is 10.1 Å². The third-order valence-electron chi connectivity index (χ3n) is 4.45. The van der Waals surface area contributed by atoms with Crippen molar-refractivity contribution in [3.63, 3.8) is 0 Å². The first-order valence-electron chi connectivity index (χ1n) is 9.30. The number of nitro benzene ring substituents is 1. The molecule has 1 unspecified atom stereocenters. The number of carbonyl (C=O) groups excluding carboxylic acids is 2. The van der Waals surface area contributed by atoms with Gasteiger partial charge in [0.25, 0.3) is 11.6 Å². The second kappa shape index (κ2) is 10.2. The van der Waals surface area contributed by atoms with Crippen LogP contribution in [0.3, 0.4) is 0 Å². The van der Waals surface area contributed by atoms with Crippen molar-refractivity contribution in [1.82, 2.24) is 0 Å². The van der Waals surface area contributed by atoms with Crippen LogP contribution < -0.4 is 10.5 Å². The number of nitro groups is 1. The Balaban J connectivity index is 1.92. The number of nitrogens with two attached hydrogens (primary N) is 1. The second-order valence-electron chi connectivity index (χ2n) is 6.80. The van der Waals surface area contributed by atoms with E-state index in [2.05, 4.69) is 5.32 Å². The summed E-state index contributed by atoms with van der Waals surface area (Å²) in [6.45, 7) is 0. The first-order chi connectivity index (χ1) is 16.0. The highest BCUT2D eigenvalue weighted by molar-refractivity contribution is 7.89. The van der Waals surface area contributed by atoms with E-state index < -0.39 is 43.5 Å². The third-order valence-corrected chi connectivity index (χ3v) is 6.16. The van der Waals surface area contributed by atoms with Crippen molar-refractivity contribution in [1.29, 1.82) is 0 Å². The van der Waals surface area contributed by atoms with E-state index in [0.717, 1.165) is 18.2 Å². The molecule has 0 spiro atoms. The first kappa shape index (κ1) is 25.1. The minimum Gasteiger partial charge on any atom is -0.444 e. The Labute approximate surface area is 203 Å². The number of esters is 1. The molecule has 3 N–H and O–H groups in total. The van der Waals surface area contributed by atoms with E-state index in [0.29, 0.717) is 0 Å². The van der Waals surface area contributed by atoms with E-state index in [1.807, 2.05) is 0 Å². The number of sulfonamides is 1. The Morgan fingerprint density at radius 3 is 2.26 bits per heavy atom. The standard InChI is InChI=1S/C21H15Cl2N3O7S/c22-15-9-7-14(11-17(15)26(29)30)25-20(27)19(12-4-2-1-3-5-12)33-21(28)13-6-8-16(23)18(10-13)34(24,31)32/h1-11,19H,(H,25,27)(H2,24,31,32). The summed E-state index contributed by atoms with van der Waals surface area (Å²) in [5.41, 5.74) is -0.313. The normalized spacial score (nSPS) is 12.0. The van der Waals surface area contributed by atoms with Crippen LogP contribution >= 0.6 is 23.2 Å². The molecule has 3 rings (SSSR count). The highest BCUT2D eigenvalue weighted by Gasteiger charge is 2.27. The number of amides is 1. The van der Waals surface area contributed by atoms with Crippen molar-refractivity contribution in [2.45, 2.75) is 11.0 Å². The van der Waals surface area contributed by atoms with Gasteiger partial charge in [-0.2, -0.15) is 0 Å². The minimum absolute atomic E-state index is 0.0427. The lowest BCUT2D eigenvalue weighted by Gasteiger charge is -2.18. The Bertz CT molecular complexity index is 1380. The fourth-order valence-electron chi connectivity index (χ4n) is 2.86. The van der Waals surface area contributed by atoms with Gasteiger partial charge in [0.15, 0.2) is 0 Å². The molecule has 0 aliphatic rings. The number of nitrogens with one attached hydrogen (secondary N) is 1. The summed E-state index contributed by atoms with van der Waals surface area (Å²) < 4.78 is 28.8. The summed E-state index contributed by atoms with van der Waals surface area (Å²) in [4.78, 5) is 35.7. The molecule has 34 heavy (non-hydrogen) atoms. The monoisotopic (exact) mass is 523 g/mol. The fourth-order valence-corrected chi connectivity index (χ4v) is 4.12. The Hall–Kier alpha value is -3.51. The molecule has 1 atom stereocenters. The lowest BCUT2D eigenvalue weighted by Crippen LogP contribution is -2.26. The van der Waals surface area contributed by atoms with Crippen molar-refractivity contribution < 1.29 is 27.7 Å². The summed E-state index contributed by atoms with van der Waals surface area (Å²) in [5.74, 6) is -1.86. The van der Waals surface area contributed by atoms with Gasteiger partial charge in [0.05, 0.1) is 15.5 Å². The summed E-state index contributed by atoms with van der Waals surface area (Å²) >= 11 is 11.6. The van der Waals surface area contributed by atoms with Crippen LogP contribution in [0.1, 0.15) is 22.0 Å². The van der Waals surface area contributed by atoms with Gasteiger partial charge in [0.2, 0.25) is 16.1 Å². The molecule has 176 valence electrons. The molecule has 0 saturated carbocycles. The fraction of sp³-hybridized carbons (Fsp3) is 0.0476. The number of hydrogen-bond donors (Lipinski definition) is 2.